The Morgan fingerprint density at radius 2 is 1.90 bits per heavy atom. The van der Waals surface area contributed by atoms with Crippen LogP contribution in [0.4, 0.5) is 5.00 Å². The zero-order chi connectivity index (χ0) is 15.0. The molecule has 0 bridgehead atoms. The minimum Gasteiger partial charge on any atom is -0.258 e. The minimum atomic E-state index is -3.60. The fourth-order valence-corrected chi connectivity index (χ4v) is 6.53. The molecule has 0 aromatic carbocycles. The highest BCUT2D eigenvalue weighted by Gasteiger charge is 2.40. The molecule has 1 aliphatic heterocycles. The van der Waals surface area contributed by atoms with Crippen molar-refractivity contribution in [2.24, 2.45) is 5.92 Å². The van der Waals surface area contributed by atoms with Crippen molar-refractivity contribution in [3.63, 3.8) is 0 Å². The zero-order valence-electron chi connectivity index (χ0n) is 11.6. The number of nitro groups is 1. The van der Waals surface area contributed by atoms with E-state index in [0.29, 0.717) is 12.5 Å². The van der Waals surface area contributed by atoms with Crippen molar-refractivity contribution < 1.29 is 13.3 Å². The van der Waals surface area contributed by atoms with Gasteiger partial charge in [-0.05, 0) is 49.0 Å². The van der Waals surface area contributed by atoms with Gasteiger partial charge in [-0.3, -0.25) is 10.1 Å². The molecule has 0 N–H and O–H groups in total. The highest BCUT2D eigenvalue weighted by atomic mass is 32.2. The van der Waals surface area contributed by atoms with Crippen LogP contribution in [0, 0.1) is 16.0 Å². The summed E-state index contributed by atoms with van der Waals surface area (Å²) in [6, 6.07) is 2.73. The van der Waals surface area contributed by atoms with Gasteiger partial charge in [0.2, 0.25) is 0 Å². The molecule has 2 fully saturated rings. The summed E-state index contributed by atoms with van der Waals surface area (Å²) < 4.78 is 27.3. The number of hydrogen-bond donors (Lipinski definition) is 0. The summed E-state index contributed by atoms with van der Waals surface area (Å²) in [6.45, 7) is 0.537. The Hall–Kier alpha value is -0.990. The maximum atomic E-state index is 12.8. The van der Waals surface area contributed by atoms with Gasteiger partial charge in [-0.2, -0.15) is 4.31 Å². The van der Waals surface area contributed by atoms with E-state index in [4.69, 9.17) is 0 Å². The number of hydrogen-bond acceptors (Lipinski definition) is 5. The van der Waals surface area contributed by atoms with Crippen molar-refractivity contribution >= 4 is 26.4 Å². The van der Waals surface area contributed by atoms with Gasteiger partial charge in [0.05, 0.1) is 4.92 Å². The predicted octanol–water partition coefficient (Wildman–Crippen LogP) is 3.00. The number of fused-ring (bicyclic) bond motifs is 1. The maximum absolute atomic E-state index is 12.8. The quantitative estimate of drug-likeness (QED) is 0.630. The molecule has 6 nitrogen and oxygen atoms in total. The molecule has 1 aliphatic carbocycles. The van der Waals surface area contributed by atoms with Crippen molar-refractivity contribution in [3.05, 3.63) is 22.2 Å². The van der Waals surface area contributed by atoms with Gasteiger partial charge in [0, 0.05) is 18.7 Å². The molecule has 0 unspecified atom stereocenters. The molecule has 0 spiro atoms. The fraction of sp³-hybridized carbons (Fsp3) is 0.692. The maximum Gasteiger partial charge on any atom is 0.325 e. The van der Waals surface area contributed by atoms with Crippen LogP contribution < -0.4 is 0 Å². The first-order valence-corrected chi connectivity index (χ1v) is 9.52. The van der Waals surface area contributed by atoms with Gasteiger partial charge in [0.1, 0.15) is 4.21 Å². The Kier molecular flexibility index (Phi) is 4.02. The van der Waals surface area contributed by atoms with Gasteiger partial charge >= 0.3 is 5.00 Å². The van der Waals surface area contributed by atoms with Crippen LogP contribution in [0.1, 0.15) is 38.5 Å². The number of rotatable bonds is 3. The summed E-state index contributed by atoms with van der Waals surface area (Å²) in [7, 11) is -3.60. The second kappa shape index (κ2) is 5.66. The number of nitrogens with zero attached hydrogens (tertiary/aromatic N) is 2. The Bertz CT molecular complexity index is 638. The third-order valence-electron chi connectivity index (χ3n) is 4.50. The summed E-state index contributed by atoms with van der Waals surface area (Å²) in [6.07, 6.45) is 6.24. The van der Waals surface area contributed by atoms with Crippen molar-refractivity contribution in [3.8, 4) is 0 Å². The average Bonchev–Trinajstić information content (AvgIpc) is 2.97. The summed E-state index contributed by atoms with van der Waals surface area (Å²) in [5, 5.41) is 10.6. The van der Waals surface area contributed by atoms with Crippen molar-refractivity contribution in [2.75, 3.05) is 6.54 Å². The highest BCUT2D eigenvalue weighted by Crippen LogP contribution is 2.39. The first-order chi connectivity index (χ1) is 10.00. The Labute approximate surface area is 128 Å². The number of thiophene rings is 1. The fourth-order valence-electron chi connectivity index (χ4n) is 3.54. The standard InChI is InChI=1S/C13H18N2O4S2/c16-15(17)12-7-8-13(20-12)21(18,19)14-9-3-5-10-4-1-2-6-11(10)14/h7-8,10-11H,1-6,9H2/t10-,11+/m0/s1. The van der Waals surface area contributed by atoms with Gasteiger partial charge in [-0.15, -0.1) is 0 Å². The van der Waals surface area contributed by atoms with E-state index in [1.54, 1.807) is 4.31 Å². The first-order valence-electron chi connectivity index (χ1n) is 7.26. The molecule has 116 valence electrons. The number of sulfonamides is 1. The molecular weight excluding hydrogens is 312 g/mol. The van der Waals surface area contributed by atoms with Crippen LogP contribution >= 0.6 is 11.3 Å². The molecule has 1 aromatic heterocycles. The third kappa shape index (κ3) is 2.72. The molecule has 2 heterocycles. The predicted molar refractivity (Wildman–Crippen MR) is 79.8 cm³/mol. The Balaban J connectivity index is 1.90. The molecule has 1 saturated heterocycles. The normalized spacial score (nSPS) is 27.2. The van der Waals surface area contributed by atoms with Crippen LogP contribution in [0.5, 0.6) is 0 Å². The minimum absolute atomic E-state index is 0.0821. The molecular formula is C13H18N2O4S2. The largest absolute Gasteiger partial charge is 0.325 e. The van der Waals surface area contributed by atoms with Crippen LogP contribution in [0.3, 0.4) is 0 Å². The lowest BCUT2D eigenvalue weighted by Gasteiger charge is -2.42. The highest BCUT2D eigenvalue weighted by molar-refractivity contribution is 7.91. The van der Waals surface area contributed by atoms with Crippen LogP contribution in [0.25, 0.3) is 0 Å². The Morgan fingerprint density at radius 3 is 2.62 bits per heavy atom. The van der Waals surface area contributed by atoms with Crippen molar-refractivity contribution in [1.29, 1.82) is 0 Å². The second-order valence-electron chi connectivity index (χ2n) is 5.72. The van der Waals surface area contributed by atoms with E-state index in [2.05, 4.69) is 0 Å². The van der Waals surface area contributed by atoms with Gasteiger partial charge in [0.25, 0.3) is 10.0 Å². The van der Waals surface area contributed by atoms with E-state index >= 15 is 0 Å². The van der Waals surface area contributed by atoms with E-state index in [9.17, 15) is 18.5 Å². The lowest BCUT2D eigenvalue weighted by atomic mass is 9.79. The summed E-state index contributed by atoms with van der Waals surface area (Å²) in [4.78, 5) is 10.2. The van der Waals surface area contributed by atoms with Gasteiger partial charge in [-0.1, -0.05) is 12.8 Å². The van der Waals surface area contributed by atoms with Crippen LogP contribution in [0.15, 0.2) is 16.3 Å². The molecule has 8 heteroatoms. The monoisotopic (exact) mass is 330 g/mol. The first kappa shape index (κ1) is 14.9. The van der Waals surface area contributed by atoms with E-state index < -0.39 is 14.9 Å². The Morgan fingerprint density at radius 1 is 1.19 bits per heavy atom. The van der Waals surface area contributed by atoms with E-state index in [1.807, 2.05) is 0 Å². The second-order valence-corrected chi connectivity index (χ2v) is 8.90. The summed E-state index contributed by atoms with van der Waals surface area (Å²) >= 11 is 0.752. The lowest BCUT2D eigenvalue weighted by molar-refractivity contribution is -0.380. The molecule has 0 amide bonds. The molecule has 2 aliphatic rings. The smallest absolute Gasteiger partial charge is 0.258 e. The van der Waals surface area contributed by atoms with Crippen LogP contribution in [-0.4, -0.2) is 30.2 Å². The molecule has 0 radical (unpaired) electrons. The van der Waals surface area contributed by atoms with Gasteiger partial charge < -0.3 is 0 Å². The third-order valence-corrected chi connectivity index (χ3v) is 7.93. The van der Waals surface area contributed by atoms with E-state index in [0.717, 1.165) is 43.4 Å². The summed E-state index contributed by atoms with van der Waals surface area (Å²) in [5.41, 5.74) is 0. The average molecular weight is 330 g/mol. The van der Waals surface area contributed by atoms with Crippen molar-refractivity contribution in [2.45, 2.75) is 48.8 Å². The zero-order valence-corrected chi connectivity index (χ0v) is 13.2. The number of piperidine rings is 1. The van der Waals surface area contributed by atoms with Crippen LogP contribution in [-0.2, 0) is 10.0 Å². The molecule has 2 atom stereocenters. The summed E-state index contributed by atoms with van der Waals surface area (Å²) in [5.74, 6) is 0.456. The van der Waals surface area contributed by atoms with Crippen LogP contribution in [0.2, 0.25) is 0 Å². The molecule has 1 saturated carbocycles. The van der Waals surface area contributed by atoms with E-state index in [1.165, 1.54) is 18.6 Å². The SMILES string of the molecule is O=[N+]([O-])c1ccc(S(=O)(=O)N2CCC[C@@H]3CCCC[C@H]32)s1. The topological polar surface area (TPSA) is 80.5 Å². The van der Waals surface area contributed by atoms with Gasteiger partial charge in [0.15, 0.2) is 0 Å². The van der Waals surface area contributed by atoms with Gasteiger partial charge in [-0.25, -0.2) is 8.42 Å². The van der Waals surface area contributed by atoms with E-state index in [-0.39, 0.29) is 15.3 Å². The van der Waals surface area contributed by atoms with Crippen molar-refractivity contribution in [1.82, 2.24) is 4.31 Å². The lowest BCUT2D eigenvalue weighted by Crippen LogP contribution is -2.49. The molecule has 3 rings (SSSR count). The molecule has 1 aromatic rings. The molecule has 21 heavy (non-hydrogen) atoms.